The van der Waals surface area contributed by atoms with Crippen molar-refractivity contribution in [2.45, 2.75) is 19.8 Å². The second-order valence-corrected chi connectivity index (χ2v) is 6.66. The number of anilines is 2. The van der Waals surface area contributed by atoms with Gasteiger partial charge in [0.15, 0.2) is 0 Å². The molecule has 1 atom stereocenters. The monoisotopic (exact) mass is 287 g/mol. The summed E-state index contributed by atoms with van der Waals surface area (Å²) in [5, 5.41) is 0. The summed E-state index contributed by atoms with van der Waals surface area (Å²) < 4.78 is 41.3. The lowest BCUT2D eigenvalue weighted by Crippen LogP contribution is -2.42. The molecule has 1 heterocycles. The normalized spacial score (nSPS) is 21.3. The van der Waals surface area contributed by atoms with Gasteiger partial charge in [0.25, 0.3) is 0 Å². The third-order valence-corrected chi connectivity index (χ3v) is 4.63. The Morgan fingerprint density at radius 1 is 1.42 bits per heavy atom. The lowest BCUT2D eigenvalue weighted by atomic mass is 10.0. The summed E-state index contributed by atoms with van der Waals surface area (Å²) in [5.74, 6) is -0.229. The molecule has 0 amide bonds. The first-order valence-corrected chi connectivity index (χ1v) is 7.65. The second kappa shape index (κ2) is 5.34. The highest BCUT2D eigenvalue weighted by Crippen LogP contribution is 2.21. The van der Waals surface area contributed by atoms with E-state index in [1.807, 2.05) is 6.92 Å². The Morgan fingerprint density at radius 2 is 2.16 bits per heavy atom. The van der Waals surface area contributed by atoms with Crippen LogP contribution in [0.5, 0.6) is 0 Å². The molecule has 3 N–H and O–H groups in total. The number of piperidine rings is 1. The van der Waals surface area contributed by atoms with Gasteiger partial charge < -0.3 is 5.73 Å². The van der Waals surface area contributed by atoms with E-state index in [-0.39, 0.29) is 11.4 Å². The van der Waals surface area contributed by atoms with E-state index >= 15 is 0 Å². The minimum atomic E-state index is -3.64. The van der Waals surface area contributed by atoms with Gasteiger partial charge >= 0.3 is 10.2 Å². The van der Waals surface area contributed by atoms with Crippen molar-refractivity contribution < 1.29 is 12.8 Å². The first kappa shape index (κ1) is 14.1. The molecule has 19 heavy (non-hydrogen) atoms. The van der Waals surface area contributed by atoms with Gasteiger partial charge in [0.05, 0.1) is 5.69 Å². The van der Waals surface area contributed by atoms with Crippen molar-refractivity contribution in [3.05, 3.63) is 24.0 Å². The van der Waals surface area contributed by atoms with E-state index in [9.17, 15) is 12.8 Å². The summed E-state index contributed by atoms with van der Waals surface area (Å²) in [4.78, 5) is 0. The topological polar surface area (TPSA) is 75.4 Å². The molecule has 1 aromatic rings. The molecule has 0 spiro atoms. The number of hydrogen-bond acceptors (Lipinski definition) is 3. The van der Waals surface area contributed by atoms with Gasteiger partial charge in [-0.1, -0.05) is 6.92 Å². The maximum absolute atomic E-state index is 13.2. The summed E-state index contributed by atoms with van der Waals surface area (Å²) in [5.41, 5.74) is 5.82. The molecule has 1 unspecified atom stereocenters. The van der Waals surface area contributed by atoms with Crippen LogP contribution in [0.15, 0.2) is 18.2 Å². The molecule has 0 aliphatic carbocycles. The van der Waals surface area contributed by atoms with Gasteiger partial charge in [0.2, 0.25) is 0 Å². The van der Waals surface area contributed by atoms with E-state index in [1.54, 1.807) is 0 Å². The van der Waals surface area contributed by atoms with Crippen LogP contribution in [0.4, 0.5) is 15.8 Å². The highest BCUT2D eigenvalue weighted by molar-refractivity contribution is 7.90. The fourth-order valence-electron chi connectivity index (χ4n) is 2.25. The molecule has 1 aliphatic rings. The van der Waals surface area contributed by atoms with Gasteiger partial charge in [-0.15, -0.1) is 0 Å². The second-order valence-electron chi connectivity index (χ2n) is 4.99. The number of nitrogen functional groups attached to an aromatic ring is 1. The molecular formula is C12H18FN3O2S. The molecule has 2 rings (SSSR count). The van der Waals surface area contributed by atoms with E-state index < -0.39 is 16.0 Å². The summed E-state index contributed by atoms with van der Waals surface area (Å²) in [6.07, 6.45) is 1.87. The molecule has 1 aliphatic heterocycles. The lowest BCUT2D eigenvalue weighted by Gasteiger charge is -2.30. The zero-order valence-electron chi connectivity index (χ0n) is 10.8. The van der Waals surface area contributed by atoms with Crippen LogP contribution in [0.2, 0.25) is 0 Å². The zero-order chi connectivity index (χ0) is 14.0. The first-order valence-electron chi connectivity index (χ1n) is 6.21. The van der Waals surface area contributed by atoms with Crippen LogP contribution in [0.3, 0.4) is 0 Å². The van der Waals surface area contributed by atoms with E-state index in [1.165, 1.54) is 10.4 Å². The Hall–Kier alpha value is -1.34. The Morgan fingerprint density at radius 3 is 2.79 bits per heavy atom. The van der Waals surface area contributed by atoms with Crippen LogP contribution >= 0.6 is 0 Å². The molecule has 0 saturated carbocycles. The first-order chi connectivity index (χ1) is 8.87. The SMILES string of the molecule is CC1CCCN(S(=O)(=O)Nc2cc(N)cc(F)c2)C1. The average molecular weight is 287 g/mol. The summed E-state index contributed by atoms with van der Waals surface area (Å²) in [6, 6.07) is 3.65. The summed E-state index contributed by atoms with van der Waals surface area (Å²) >= 11 is 0. The minimum Gasteiger partial charge on any atom is -0.399 e. The lowest BCUT2D eigenvalue weighted by molar-refractivity contribution is 0.282. The van der Waals surface area contributed by atoms with E-state index in [4.69, 9.17) is 5.73 Å². The smallest absolute Gasteiger partial charge is 0.301 e. The van der Waals surface area contributed by atoms with Crippen LogP contribution in [0, 0.1) is 11.7 Å². The summed E-state index contributed by atoms with van der Waals surface area (Å²) in [6.45, 7) is 2.99. The third kappa shape index (κ3) is 3.57. The molecule has 0 radical (unpaired) electrons. The molecule has 5 nitrogen and oxygen atoms in total. The van der Waals surface area contributed by atoms with Crippen LogP contribution in [-0.2, 0) is 10.2 Å². The predicted octanol–water partition coefficient (Wildman–Crippen LogP) is 1.80. The fraction of sp³-hybridized carbons (Fsp3) is 0.500. The van der Waals surface area contributed by atoms with Gasteiger partial charge in [0, 0.05) is 18.8 Å². The molecule has 7 heteroatoms. The quantitative estimate of drug-likeness (QED) is 0.832. The highest BCUT2D eigenvalue weighted by Gasteiger charge is 2.27. The number of hydrogen-bond donors (Lipinski definition) is 2. The number of nitrogens with two attached hydrogens (primary N) is 1. The van der Waals surface area contributed by atoms with Gasteiger partial charge in [-0.3, -0.25) is 4.72 Å². The van der Waals surface area contributed by atoms with Crippen molar-refractivity contribution in [3.8, 4) is 0 Å². The van der Waals surface area contributed by atoms with E-state index in [0.717, 1.165) is 25.0 Å². The van der Waals surface area contributed by atoms with E-state index in [2.05, 4.69) is 4.72 Å². The Bertz CT molecular complexity index is 542. The predicted molar refractivity (Wildman–Crippen MR) is 73.3 cm³/mol. The van der Waals surface area contributed by atoms with Crippen molar-refractivity contribution >= 4 is 21.6 Å². The maximum Gasteiger partial charge on any atom is 0.301 e. The largest absolute Gasteiger partial charge is 0.399 e. The molecule has 1 fully saturated rings. The Labute approximate surface area is 112 Å². The molecule has 0 aromatic heterocycles. The van der Waals surface area contributed by atoms with Crippen molar-refractivity contribution in [3.63, 3.8) is 0 Å². The number of nitrogens with zero attached hydrogens (tertiary/aromatic N) is 1. The van der Waals surface area contributed by atoms with Crippen LogP contribution in [0.25, 0.3) is 0 Å². The molecular weight excluding hydrogens is 269 g/mol. The van der Waals surface area contributed by atoms with Gasteiger partial charge in [0.1, 0.15) is 5.82 Å². The van der Waals surface area contributed by atoms with Crippen molar-refractivity contribution in [2.24, 2.45) is 5.92 Å². The van der Waals surface area contributed by atoms with Crippen LogP contribution in [0.1, 0.15) is 19.8 Å². The maximum atomic E-state index is 13.2. The Balaban J connectivity index is 2.16. The number of halogens is 1. The number of rotatable bonds is 3. The highest BCUT2D eigenvalue weighted by atomic mass is 32.2. The number of nitrogens with one attached hydrogen (secondary N) is 1. The molecule has 0 bridgehead atoms. The van der Waals surface area contributed by atoms with E-state index in [0.29, 0.717) is 19.0 Å². The van der Waals surface area contributed by atoms with Gasteiger partial charge in [-0.05, 0) is 37.0 Å². The number of benzene rings is 1. The molecule has 1 aromatic carbocycles. The van der Waals surface area contributed by atoms with Gasteiger partial charge in [-0.25, -0.2) is 4.39 Å². The molecule has 106 valence electrons. The van der Waals surface area contributed by atoms with Crippen LogP contribution in [-0.4, -0.2) is 25.8 Å². The summed E-state index contributed by atoms with van der Waals surface area (Å²) in [7, 11) is -3.64. The standard InChI is InChI=1S/C12H18FN3O2S/c1-9-3-2-4-16(8-9)19(17,18)15-12-6-10(13)5-11(14)7-12/h5-7,9,15H,2-4,8,14H2,1H3. The molecule has 1 saturated heterocycles. The zero-order valence-corrected chi connectivity index (χ0v) is 11.6. The minimum absolute atomic E-state index is 0.149. The van der Waals surface area contributed by atoms with Crippen molar-refractivity contribution in [1.29, 1.82) is 0 Å². The van der Waals surface area contributed by atoms with Crippen molar-refractivity contribution in [2.75, 3.05) is 23.5 Å². The van der Waals surface area contributed by atoms with Crippen LogP contribution < -0.4 is 10.5 Å². The Kier molecular flexibility index (Phi) is 3.96. The third-order valence-electron chi connectivity index (χ3n) is 3.13. The van der Waals surface area contributed by atoms with Crippen molar-refractivity contribution in [1.82, 2.24) is 4.31 Å². The fourth-order valence-corrected chi connectivity index (χ4v) is 3.61. The van der Waals surface area contributed by atoms with Gasteiger partial charge in [-0.2, -0.15) is 12.7 Å². The average Bonchev–Trinajstić information content (AvgIpc) is 2.26.